The second kappa shape index (κ2) is 6.64. The summed E-state index contributed by atoms with van der Waals surface area (Å²) in [6.07, 6.45) is 7.56. The molecule has 0 saturated carbocycles. The van der Waals surface area contributed by atoms with Crippen molar-refractivity contribution in [3.63, 3.8) is 0 Å². The van der Waals surface area contributed by atoms with Gasteiger partial charge in [-0.15, -0.1) is 0 Å². The fourth-order valence-electron chi connectivity index (χ4n) is 3.41. The topological polar surface area (TPSA) is 73.9 Å². The summed E-state index contributed by atoms with van der Waals surface area (Å²) in [6.45, 7) is 2.21. The predicted octanol–water partition coefficient (Wildman–Crippen LogP) is 3.02. The Balaban J connectivity index is 1.59. The highest BCUT2D eigenvalue weighted by Gasteiger charge is 2.22. The van der Waals surface area contributed by atoms with Crippen molar-refractivity contribution in [1.82, 2.24) is 19.9 Å². The Kier molecular flexibility index (Phi) is 4.19. The van der Waals surface area contributed by atoms with Gasteiger partial charge in [0.05, 0.1) is 11.0 Å². The van der Waals surface area contributed by atoms with Crippen molar-refractivity contribution in [3.05, 3.63) is 54.0 Å². The second-order valence-corrected chi connectivity index (χ2v) is 6.60. The maximum atomic E-state index is 12.3. The molecule has 0 aliphatic carbocycles. The number of amides is 1. The van der Waals surface area contributed by atoms with Gasteiger partial charge < -0.3 is 15.2 Å². The Hall–Kier alpha value is -2.73. The third kappa shape index (κ3) is 3.25. The molecule has 4 heterocycles. The average Bonchev–Trinajstić information content (AvgIpc) is 3.06. The molecule has 0 unspecified atom stereocenters. The van der Waals surface area contributed by atoms with Crippen molar-refractivity contribution in [2.75, 3.05) is 25.5 Å². The van der Waals surface area contributed by atoms with E-state index in [-0.39, 0.29) is 5.91 Å². The normalized spacial score (nSPS) is 16.2. The lowest BCUT2D eigenvalue weighted by Gasteiger charge is -2.28. The third-order valence-electron chi connectivity index (χ3n) is 4.89. The van der Waals surface area contributed by atoms with Crippen molar-refractivity contribution in [2.45, 2.75) is 18.8 Å². The maximum absolute atomic E-state index is 12.3. The van der Waals surface area contributed by atoms with Gasteiger partial charge in [-0.3, -0.25) is 9.78 Å². The van der Waals surface area contributed by atoms with Crippen LogP contribution in [0.4, 0.5) is 5.82 Å². The van der Waals surface area contributed by atoms with Gasteiger partial charge in [0.2, 0.25) is 0 Å². The molecule has 6 heteroatoms. The Labute approximate surface area is 146 Å². The lowest BCUT2D eigenvalue weighted by Crippen LogP contribution is -2.29. The number of nitrogens with zero attached hydrogens (tertiary/aromatic N) is 3. The van der Waals surface area contributed by atoms with E-state index < -0.39 is 0 Å². The lowest BCUT2D eigenvalue weighted by molar-refractivity contribution is 0.102. The third-order valence-corrected chi connectivity index (χ3v) is 4.89. The van der Waals surface area contributed by atoms with Gasteiger partial charge in [-0.2, -0.15) is 0 Å². The number of anilines is 1. The number of H-pyrrole nitrogens is 1. The fourth-order valence-corrected chi connectivity index (χ4v) is 3.41. The molecule has 0 radical (unpaired) electrons. The molecular weight excluding hydrogens is 314 g/mol. The summed E-state index contributed by atoms with van der Waals surface area (Å²) >= 11 is 0. The van der Waals surface area contributed by atoms with Crippen molar-refractivity contribution in [2.24, 2.45) is 0 Å². The summed E-state index contributed by atoms with van der Waals surface area (Å²) in [4.78, 5) is 26.6. The molecule has 3 aromatic heterocycles. The summed E-state index contributed by atoms with van der Waals surface area (Å²) in [5, 5.41) is 2.88. The van der Waals surface area contributed by atoms with E-state index in [1.54, 1.807) is 24.5 Å². The van der Waals surface area contributed by atoms with Gasteiger partial charge in [0.15, 0.2) is 0 Å². The highest BCUT2D eigenvalue weighted by Crippen LogP contribution is 2.32. The Morgan fingerprint density at radius 1 is 1.20 bits per heavy atom. The first-order valence-electron chi connectivity index (χ1n) is 8.58. The van der Waals surface area contributed by atoms with Crippen LogP contribution in [0.3, 0.4) is 0 Å². The molecule has 1 aliphatic heterocycles. The van der Waals surface area contributed by atoms with E-state index in [1.807, 2.05) is 12.1 Å². The van der Waals surface area contributed by atoms with E-state index >= 15 is 0 Å². The molecule has 1 amide bonds. The number of hydrogen-bond donors (Lipinski definition) is 2. The van der Waals surface area contributed by atoms with Crippen molar-refractivity contribution in [3.8, 4) is 0 Å². The first-order chi connectivity index (χ1) is 12.2. The van der Waals surface area contributed by atoms with E-state index in [4.69, 9.17) is 4.98 Å². The van der Waals surface area contributed by atoms with Gasteiger partial charge in [-0.1, -0.05) is 0 Å². The standard InChI is InChI=1S/C19H21N5O/c1-24-10-6-13(7-11-24)15-12-21-16-2-3-17(22-18(15)16)23-19(25)14-4-8-20-9-5-14/h2-5,8-9,12-13,21H,6-7,10-11H2,1H3,(H,22,23,25). The molecule has 6 nitrogen and oxygen atoms in total. The number of hydrogen-bond acceptors (Lipinski definition) is 4. The summed E-state index contributed by atoms with van der Waals surface area (Å²) < 4.78 is 0. The van der Waals surface area contributed by atoms with Gasteiger partial charge in [-0.25, -0.2) is 4.98 Å². The van der Waals surface area contributed by atoms with Crippen LogP contribution < -0.4 is 5.32 Å². The molecule has 4 rings (SSSR count). The molecule has 25 heavy (non-hydrogen) atoms. The number of pyridine rings is 2. The maximum Gasteiger partial charge on any atom is 0.256 e. The van der Waals surface area contributed by atoms with Gasteiger partial charge >= 0.3 is 0 Å². The summed E-state index contributed by atoms with van der Waals surface area (Å²) in [6, 6.07) is 7.18. The quantitative estimate of drug-likeness (QED) is 0.771. The number of fused-ring (bicyclic) bond motifs is 1. The first kappa shape index (κ1) is 15.8. The molecular formula is C19H21N5O. The van der Waals surface area contributed by atoms with Crippen LogP contribution in [0.5, 0.6) is 0 Å². The summed E-state index contributed by atoms with van der Waals surface area (Å²) in [5.41, 5.74) is 3.79. The van der Waals surface area contributed by atoms with Crippen molar-refractivity contribution in [1.29, 1.82) is 0 Å². The zero-order chi connectivity index (χ0) is 17.2. The van der Waals surface area contributed by atoms with E-state index in [9.17, 15) is 4.79 Å². The van der Waals surface area contributed by atoms with Crippen LogP contribution in [0.2, 0.25) is 0 Å². The highest BCUT2D eigenvalue weighted by molar-refractivity contribution is 6.04. The Morgan fingerprint density at radius 3 is 2.72 bits per heavy atom. The highest BCUT2D eigenvalue weighted by atomic mass is 16.1. The minimum Gasteiger partial charge on any atom is -0.360 e. The molecule has 1 aliphatic rings. The molecule has 0 aromatic carbocycles. The molecule has 2 N–H and O–H groups in total. The van der Waals surface area contributed by atoms with Crippen molar-refractivity contribution < 1.29 is 4.79 Å². The van der Waals surface area contributed by atoms with Crippen LogP contribution >= 0.6 is 0 Å². The van der Waals surface area contributed by atoms with E-state index in [2.05, 4.69) is 33.4 Å². The van der Waals surface area contributed by atoms with E-state index in [1.165, 1.54) is 5.56 Å². The molecule has 0 spiro atoms. The van der Waals surface area contributed by atoms with Crippen LogP contribution in [0.1, 0.15) is 34.7 Å². The monoisotopic (exact) mass is 335 g/mol. The molecule has 3 aromatic rings. The number of carbonyl (C=O) groups excluding carboxylic acids is 1. The van der Waals surface area contributed by atoms with Gasteiger partial charge in [0.25, 0.3) is 5.91 Å². The van der Waals surface area contributed by atoms with Crippen LogP contribution in [-0.2, 0) is 0 Å². The minimum atomic E-state index is -0.175. The Bertz CT molecular complexity index is 881. The number of piperidine rings is 1. The van der Waals surface area contributed by atoms with Crippen LogP contribution in [0.25, 0.3) is 11.0 Å². The largest absolute Gasteiger partial charge is 0.360 e. The SMILES string of the molecule is CN1CCC(c2c[nH]c3ccc(NC(=O)c4ccncc4)nc23)CC1. The van der Waals surface area contributed by atoms with Crippen molar-refractivity contribution >= 4 is 22.8 Å². The number of likely N-dealkylation sites (tertiary alicyclic amines) is 1. The van der Waals surface area contributed by atoms with Crippen LogP contribution in [-0.4, -0.2) is 45.9 Å². The summed E-state index contributed by atoms with van der Waals surface area (Å²) in [5.74, 6) is 0.914. The molecule has 0 atom stereocenters. The zero-order valence-corrected chi connectivity index (χ0v) is 14.2. The number of aromatic amines is 1. The number of carbonyl (C=O) groups is 1. The lowest BCUT2D eigenvalue weighted by atomic mass is 9.91. The summed E-state index contributed by atoms with van der Waals surface area (Å²) in [7, 11) is 2.16. The Morgan fingerprint density at radius 2 is 1.96 bits per heavy atom. The molecule has 0 bridgehead atoms. The average molecular weight is 335 g/mol. The molecule has 1 saturated heterocycles. The zero-order valence-electron chi connectivity index (χ0n) is 14.2. The number of nitrogens with one attached hydrogen (secondary N) is 2. The van der Waals surface area contributed by atoms with Gasteiger partial charge in [0.1, 0.15) is 5.82 Å². The number of aromatic nitrogens is 3. The molecule has 128 valence electrons. The molecule has 1 fully saturated rings. The van der Waals surface area contributed by atoms with Crippen LogP contribution in [0.15, 0.2) is 42.9 Å². The predicted molar refractivity (Wildman–Crippen MR) is 97.8 cm³/mol. The van der Waals surface area contributed by atoms with Gasteiger partial charge in [0, 0.05) is 24.2 Å². The van der Waals surface area contributed by atoms with Crippen LogP contribution in [0, 0.1) is 0 Å². The minimum absolute atomic E-state index is 0.175. The number of rotatable bonds is 3. The smallest absolute Gasteiger partial charge is 0.256 e. The van der Waals surface area contributed by atoms with E-state index in [0.717, 1.165) is 37.0 Å². The second-order valence-electron chi connectivity index (χ2n) is 6.60. The fraction of sp³-hybridized carbons (Fsp3) is 0.316. The first-order valence-corrected chi connectivity index (χ1v) is 8.58. The van der Waals surface area contributed by atoms with E-state index in [0.29, 0.717) is 17.3 Å². The van der Waals surface area contributed by atoms with Gasteiger partial charge in [-0.05, 0) is 68.7 Å².